The molecule has 0 unspecified atom stereocenters. The van der Waals surface area contributed by atoms with Gasteiger partial charge in [0.1, 0.15) is 5.69 Å². The summed E-state index contributed by atoms with van der Waals surface area (Å²) in [5.74, 6) is 0. The highest BCUT2D eigenvalue weighted by Crippen LogP contribution is 2.35. The second-order valence-corrected chi connectivity index (χ2v) is 3.63. The van der Waals surface area contributed by atoms with Crippen LogP contribution in [0.4, 0.5) is 26.3 Å². The molecular weight excluding hydrogens is 278 g/mol. The number of hydrogen-bond acceptors (Lipinski definition) is 3. The highest BCUT2D eigenvalue weighted by molar-refractivity contribution is 5.48. The zero-order chi connectivity index (χ0) is 14.4. The average molecular weight is 284 g/mol. The number of rotatable bonds is 1. The first-order chi connectivity index (χ1) is 8.64. The summed E-state index contributed by atoms with van der Waals surface area (Å²) in [5, 5.41) is 3.37. The van der Waals surface area contributed by atoms with Gasteiger partial charge in [-0.25, -0.2) is 9.50 Å². The van der Waals surface area contributed by atoms with Crippen molar-refractivity contribution in [2.24, 2.45) is 5.73 Å². The molecule has 2 heterocycles. The molecule has 0 amide bonds. The van der Waals surface area contributed by atoms with Gasteiger partial charge in [-0.1, -0.05) is 0 Å². The van der Waals surface area contributed by atoms with E-state index in [2.05, 4.69) is 10.1 Å². The van der Waals surface area contributed by atoms with E-state index in [1.807, 2.05) is 0 Å². The highest BCUT2D eigenvalue weighted by atomic mass is 19.4. The number of aromatic nitrogens is 3. The van der Waals surface area contributed by atoms with E-state index < -0.39 is 29.4 Å². The molecule has 0 aromatic carbocycles. The Labute approximate surface area is 101 Å². The van der Waals surface area contributed by atoms with Crippen molar-refractivity contribution in [1.82, 2.24) is 14.6 Å². The molecule has 0 aliphatic heterocycles. The van der Waals surface area contributed by atoms with Gasteiger partial charge in [0.05, 0.1) is 6.20 Å². The first-order valence-corrected chi connectivity index (χ1v) is 4.86. The second kappa shape index (κ2) is 4.08. The molecular formula is C9H6F6N4. The van der Waals surface area contributed by atoms with E-state index in [4.69, 9.17) is 5.73 Å². The van der Waals surface area contributed by atoms with Gasteiger partial charge in [-0.05, 0) is 6.07 Å². The van der Waals surface area contributed by atoms with Gasteiger partial charge in [0.15, 0.2) is 11.3 Å². The Hall–Kier alpha value is -1.84. The maximum absolute atomic E-state index is 12.7. The fourth-order valence-corrected chi connectivity index (χ4v) is 1.50. The lowest BCUT2D eigenvalue weighted by Crippen LogP contribution is -2.18. The number of nitrogens with two attached hydrogens (primary N) is 1. The van der Waals surface area contributed by atoms with Gasteiger partial charge in [0.2, 0.25) is 0 Å². The Morgan fingerprint density at radius 1 is 1.11 bits per heavy atom. The third-order valence-corrected chi connectivity index (χ3v) is 2.35. The van der Waals surface area contributed by atoms with Crippen LogP contribution in [0.1, 0.15) is 17.0 Å². The van der Waals surface area contributed by atoms with Crippen LogP contribution in [0.2, 0.25) is 0 Å². The Morgan fingerprint density at radius 2 is 1.74 bits per heavy atom. The topological polar surface area (TPSA) is 56.2 Å². The number of hydrogen-bond donors (Lipinski definition) is 1. The third-order valence-electron chi connectivity index (χ3n) is 2.35. The Bertz CT molecular complexity index is 611. The molecule has 4 nitrogen and oxygen atoms in total. The minimum Gasteiger partial charge on any atom is -0.326 e. The van der Waals surface area contributed by atoms with E-state index in [9.17, 15) is 26.3 Å². The standard InChI is InChI=1S/C9H6F6N4/c10-8(11,12)5-1-6(9(13,14)15)19-7(18-5)4(2-16)3-17-19/h1,3H,2,16H2. The molecule has 10 heteroatoms. The van der Waals surface area contributed by atoms with Crippen LogP contribution in [0.5, 0.6) is 0 Å². The minimum absolute atomic E-state index is 0.00315. The number of alkyl halides is 6. The number of halogens is 6. The van der Waals surface area contributed by atoms with E-state index in [0.29, 0.717) is 4.52 Å². The summed E-state index contributed by atoms with van der Waals surface area (Å²) in [6, 6.07) is -0.0830. The van der Waals surface area contributed by atoms with E-state index >= 15 is 0 Å². The molecule has 0 saturated heterocycles. The van der Waals surface area contributed by atoms with Crippen LogP contribution in [0.25, 0.3) is 5.65 Å². The van der Waals surface area contributed by atoms with Gasteiger partial charge >= 0.3 is 12.4 Å². The second-order valence-electron chi connectivity index (χ2n) is 3.63. The van der Waals surface area contributed by atoms with Gasteiger partial charge in [-0.15, -0.1) is 0 Å². The first-order valence-electron chi connectivity index (χ1n) is 4.86. The van der Waals surface area contributed by atoms with E-state index in [0.717, 1.165) is 6.20 Å². The van der Waals surface area contributed by atoms with Crippen molar-refractivity contribution in [1.29, 1.82) is 0 Å². The van der Waals surface area contributed by atoms with Crippen molar-refractivity contribution >= 4 is 5.65 Å². The van der Waals surface area contributed by atoms with Gasteiger partial charge in [0, 0.05) is 12.1 Å². The largest absolute Gasteiger partial charge is 0.433 e. The summed E-state index contributed by atoms with van der Waals surface area (Å²) in [4.78, 5) is 3.15. The van der Waals surface area contributed by atoms with Crippen molar-refractivity contribution in [3.8, 4) is 0 Å². The predicted octanol–water partition coefficient (Wildman–Crippen LogP) is 2.23. The highest BCUT2D eigenvalue weighted by Gasteiger charge is 2.40. The molecule has 0 atom stereocenters. The van der Waals surface area contributed by atoms with Crippen LogP contribution in [0, 0.1) is 0 Å². The van der Waals surface area contributed by atoms with Crippen molar-refractivity contribution in [3.05, 3.63) is 29.2 Å². The zero-order valence-electron chi connectivity index (χ0n) is 9.05. The fourth-order valence-electron chi connectivity index (χ4n) is 1.50. The van der Waals surface area contributed by atoms with Crippen LogP contribution >= 0.6 is 0 Å². The maximum atomic E-state index is 12.7. The summed E-state index contributed by atoms with van der Waals surface area (Å²) in [6.45, 7) is -0.269. The molecule has 104 valence electrons. The predicted molar refractivity (Wildman–Crippen MR) is 50.9 cm³/mol. The normalized spacial score (nSPS) is 13.2. The molecule has 2 N–H and O–H groups in total. The summed E-state index contributed by atoms with van der Waals surface area (Å²) in [6.07, 6.45) is -9.02. The molecule has 0 fully saturated rings. The van der Waals surface area contributed by atoms with Gasteiger partial charge in [-0.3, -0.25) is 0 Å². The molecule has 2 aromatic rings. The monoisotopic (exact) mass is 284 g/mol. The van der Waals surface area contributed by atoms with E-state index in [1.54, 1.807) is 0 Å². The molecule has 0 bridgehead atoms. The van der Waals surface area contributed by atoms with E-state index in [-0.39, 0.29) is 18.2 Å². The molecule has 0 spiro atoms. The van der Waals surface area contributed by atoms with Crippen LogP contribution in [-0.4, -0.2) is 14.6 Å². The molecule has 2 aromatic heterocycles. The molecule has 0 saturated carbocycles. The maximum Gasteiger partial charge on any atom is 0.433 e. The summed E-state index contributed by atoms with van der Waals surface area (Å²) >= 11 is 0. The van der Waals surface area contributed by atoms with Crippen molar-refractivity contribution in [2.45, 2.75) is 18.9 Å². The summed E-state index contributed by atoms with van der Waals surface area (Å²) in [5.41, 5.74) is 1.48. The van der Waals surface area contributed by atoms with Crippen molar-refractivity contribution in [2.75, 3.05) is 0 Å². The third kappa shape index (κ3) is 2.35. The zero-order valence-corrected chi connectivity index (χ0v) is 9.05. The molecule has 0 radical (unpaired) electrons. The lowest BCUT2D eigenvalue weighted by atomic mass is 10.2. The quantitative estimate of drug-likeness (QED) is 0.817. The number of nitrogens with zero attached hydrogens (tertiary/aromatic N) is 3. The summed E-state index contributed by atoms with van der Waals surface area (Å²) in [7, 11) is 0. The Balaban J connectivity index is 2.83. The minimum atomic E-state index is -4.99. The lowest BCUT2D eigenvalue weighted by Gasteiger charge is -2.12. The molecule has 2 rings (SSSR count). The Kier molecular flexibility index (Phi) is 2.92. The molecule has 19 heavy (non-hydrogen) atoms. The van der Waals surface area contributed by atoms with Crippen LogP contribution in [-0.2, 0) is 18.9 Å². The van der Waals surface area contributed by atoms with Crippen molar-refractivity contribution in [3.63, 3.8) is 0 Å². The SMILES string of the molecule is NCc1cnn2c(C(F)(F)F)cc(C(F)(F)F)nc12. The summed E-state index contributed by atoms with van der Waals surface area (Å²) < 4.78 is 76.0. The fraction of sp³-hybridized carbons (Fsp3) is 0.333. The van der Waals surface area contributed by atoms with Crippen LogP contribution in [0.15, 0.2) is 12.3 Å². The van der Waals surface area contributed by atoms with Crippen LogP contribution in [0.3, 0.4) is 0 Å². The first kappa shape index (κ1) is 13.6. The van der Waals surface area contributed by atoms with Gasteiger partial charge < -0.3 is 5.73 Å². The lowest BCUT2D eigenvalue weighted by molar-refractivity contribution is -0.148. The Morgan fingerprint density at radius 3 is 2.21 bits per heavy atom. The van der Waals surface area contributed by atoms with Crippen molar-refractivity contribution < 1.29 is 26.3 Å². The van der Waals surface area contributed by atoms with E-state index in [1.165, 1.54) is 0 Å². The molecule has 0 aliphatic carbocycles. The number of fused-ring (bicyclic) bond motifs is 1. The molecule has 0 aliphatic rings. The van der Waals surface area contributed by atoms with Crippen LogP contribution < -0.4 is 5.73 Å². The average Bonchev–Trinajstić information content (AvgIpc) is 2.67. The van der Waals surface area contributed by atoms with Gasteiger partial charge in [0.25, 0.3) is 0 Å². The van der Waals surface area contributed by atoms with Gasteiger partial charge in [-0.2, -0.15) is 31.4 Å². The smallest absolute Gasteiger partial charge is 0.326 e.